The SMILES string of the molecule is CCc1ccc2c(c1)C(C)(C)[C@]1(C=Cc3ccc(N(C)C)cc3)NC(=O)CN21. The number of fused-ring (bicyclic) bond motifs is 3. The van der Waals surface area contributed by atoms with Crippen LogP contribution in [-0.2, 0) is 16.6 Å². The number of hydrogen-bond donors (Lipinski definition) is 1. The average Bonchev–Trinajstić information content (AvgIpc) is 3.11. The van der Waals surface area contributed by atoms with Crippen LogP contribution in [0.2, 0.25) is 0 Å². The van der Waals surface area contributed by atoms with Crippen molar-refractivity contribution in [1.29, 1.82) is 0 Å². The van der Waals surface area contributed by atoms with Crippen molar-refractivity contribution in [2.75, 3.05) is 30.4 Å². The zero-order valence-electron chi connectivity index (χ0n) is 17.4. The van der Waals surface area contributed by atoms with E-state index in [2.05, 4.69) is 90.5 Å². The molecule has 4 rings (SSSR count). The van der Waals surface area contributed by atoms with E-state index in [9.17, 15) is 4.79 Å². The summed E-state index contributed by atoms with van der Waals surface area (Å²) in [5.41, 5.74) is 5.32. The van der Waals surface area contributed by atoms with Crippen LogP contribution in [0.15, 0.2) is 48.5 Å². The first-order chi connectivity index (χ1) is 13.3. The highest BCUT2D eigenvalue weighted by molar-refractivity contribution is 5.91. The molecule has 1 saturated heterocycles. The lowest BCUT2D eigenvalue weighted by Crippen LogP contribution is -2.58. The molecule has 1 N–H and O–H groups in total. The second-order valence-corrected chi connectivity index (χ2v) is 8.55. The molecule has 4 heteroatoms. The Balaban J connectivity index is 1.76. The molecule has 2 heterocycles. The number of amides is 1. The normalized spacial score (nSPS) is 22.3. The van der Waals surface area contributed by atoms with Crippen LogP contribution in [-0.4, -0.2) is 32.2 Å². The van der Waals surface area contributed by atoms with Crippen molar-refractivity contribution in [3.05, 3.63) is 65.2 Å². The summed E-state index contributed by atoms with van der Waals surface area (Å²) >= 11 is 0. The number of nitrogens with one attached hydrogen (secondary N) is 1. The van der Waals surface area contributed by atoms with Crippen LogP contribution in [0.3, 0.4) is 0 Å². The van der Waals surface area contributed by atoms with E-state index < -0.39 is 5.66 Å². The fourth-order valence-corrected chi connectivity index (χ4v) is 4.54. The number of aryl methyl sites for hydroxylation is 1. The minimum atomic E-state index is -0.543. The molecule has 2 aliphatic heterocycles. The predicted octanol–water partition coefficient (Wildman–Crippen LogP) is 3.95. The largest absolute Gasteiger partial charge is 0.378 e. The van der Waals surface area contributed by atoms with Gasteiger partial charge in [-0.2, -0.15) is 0 Å². The van der Waals surface area contributed by atoms with Crippen molar-refractivity contribution in [1.82, 2.24) is 5.32 Å². The number of nitrogens with zero attached hydrogens (tertiary/aromatic N) is 2. The standard InChI is InChI=1S/C24H29N3O/c1-6-17-9-12-21-20(15-17)23(2,3)24(25-22(28)16-27(21)24)14-13-18-7-10-19(11-8-18)26(4)5/h7-15H,6,16H2,1-5H3,(H,25,28)/t24-/m1/s1. The lowest BCUT2D eigenvalue weighted by atomic mass is 9.75. The Morgan fingerprint density at radius 3 is 2.50 bits per heavy atom. The molecule has 0 radical (unpaired) electrons. The monoisotopic (exact) mass is 375 g/mol. The van der Waals surface area contributed by atoms with Crippen molar-refractivity contribution in [3.63, 3.8) is 0 Å². The first kappa shape index (κ1) is 18.6. The molecule has 2 aliphatic rings. The van der Waals surface area contributed by atoms with E-state index in [-0.39, 0.29) is 11.3 Å². The summed E-state index contributed by atoms with van der Waals surface area (Å²) < 4.78 is 0. The molecule has 146 valence electrons. The van der Waals surface area contributed by atoms with Gasteiger partial charge in [-0.25, -0.2) is 0 Å². The van der Waals surface area contributed by atoms with Gasteiger partial charge in [-0.3, -0.25) is 4.79 Å². The summed E-state index contributed by atoms with van der Waals surface area (Å²) in [4.78, 5) is 16.7. The highest BCUT2D eigenvalue weighted by Crippen LogP contribution is 2.53. The third-order valence-corrected chi connectivity index (χ3v) is 6.37. The highest BCUT2D eigenvalue weighted by Gasteiger charge is 2.59. The van der Waals surface area contributed by atoms with Crippen LogP contribution in [0.4, 0.5) is 11.4 Å². The van der Waals surface area contributed by atoms with Gasteiger partial charge in [-0.1, -0.05) is 51.1 Å². The number of anilines is 2. The third kappa shape index (κ3) is 2.62. The number of rotatable bonds is 4. The molecular weight excluding hydrogens is 346 g/mol. The molecule has 1 fully saturated rings. The van der Waals surface area contributed by atoms with Gasteiger partial charge in [0.2, 0.25) is 5.91 Å². The second-order valence-electron chi connectivity index (χ2n) is 8.55. The average molecular weight is 376 g/mol. The number of benzene rings is 2. The number of carbonyl (C=O) groups excluding carboxylic acids is 1. The van der Waals surface area contributed by atoms with E-state index in [0.29, 0.717) is 6.54 Å². The zero-order valence-corrected chi connectivity index (χ0v) is 17.4. The zero-order chi connectivity index (χ0) is 20.1. The maximum atomic E-state index is 12.4. The molecule has 0 bridgehead atoms. The van der Waals surface area contributed by atoms with E-state index in [0.717, 1.165) is 17.7 Å². The minimum absolute atomic E-state index is 0.0749. The highest BCUT2D eigenvalue weighted by atomic mass is 16.2. The van der Waals surface area contributed by atoms with Crippen molar-refractivity contribution in [2.24, 2.45) is 0 Å². The van der Waals surface area contributed by atoms with Gasteiger partial charge in [0.25, 0.3) is 0 Å². The fraction of sp³-hybridized carbons (Fsp3) is 0.375. The maximum absolute atomic E-state index is 12.4. The fourth-order valence-electron chi connectivity index (χ4n) is 4.54. The van der Waals surface area contributed by atoms with E-state index in [4.69, 9.17) is 0 Å². The van der Waals surface area contributed by atoms with Crippen LogP contribution < -0.4 is 15.1 Å². The van der Waals surface area contributed by atoms with Gasteiger partial charge in [0.05, 0.1) is 6.54 Å². The molecule has 0 aromatic heterocycles. The Kier molecular flexibility index (Phi) is 4.25. The first-order valence-electron chi connectivity index (χ1n) is 9.97. The number of hydrogen-bond acceptors (Lipinski definition) is 3. The minimum Gasteiger partial charge on any atom is -0.378 e. The summed E-state index contributed by atoms with van der Waals surface area (Å²) in [6.07, 6.45) is 5.32. The first-order valence-corrected chi connectivity index (χ1v) is 9.97. The van der Waals surface area contributed by atoms with Crippen molar-refractivity contribution < 1.29 is 4.79 Å². The van der Waals surface area contributed by atoms with Gasteiger partial charge < -0.3 is 15.1 Å². The molecular formula is C24H29N3O. The quantitative estimate of drug-likeness (QED) is 0.879. The van der Waals surface area contributed by atoms with Crippen molar-refractivity contribution in [3.8, 4) is 0 Å². The van der Waals surface area contributed by atoms with Crippen LogP contribution in [0.5, 0.6) is 0 Å². The van der Waals surface area contributed by atoms with Crippen LogP contribution >= 0.6 is 0 Å². The Morgan fingerprint density at radius 2 is 1.86 bits per heavy atom. The summed E-state index contributed by atoms with van der Waals surface area (Å²) in [6, 6.07) is 15.1. The smallest absolute Gasteiger partial charge is 0.241 e. The van der Waals surface area contributed by atoms with Gasteiger partial charge in [-0.15, -0.1) is 0 Å². The summed E-state index contributed by atoms with van der Waals surface area (Å²) in [5.74, 6) is 0.0749. The maximum Gasteiger partial charge on any atom is 0.241 e. The van der Waals surface area contributed by atoms with Gasteiger partial charge >= 0.3 is 0 Å². The van der Waals surface area contributed by atoms with E-state index >= 15 is 0 Å². The van der Waals surface area contributed by atoms with Crippen LogP contribution in [0.25, 0.3) is 6.08 Å². The summed E-state index contributed by atoms with van der Waals surface area (Å²) in [7, 11) is 4.08. The Bertz CT molecular complexity index is 943. The molecule has 2 aromatic rings. The summed E-state index contributed by atoms with van der Waals surface area (Å²) in [5, 5.41) is 3.30. The molecule has 1 amide bonds. The third-order valence-electron chi connectivity index (χ3n) is 6.37. The second kappa shape index (κ2) is 6.40. The molecule has 0 unspecified atom stereocenters. The van der Waals surface area contributed by atoms with E-state index in [1.54, 1.807) is 0 Å². The molecule has 0 saturated carbocycles. The van der Waals surface area contributed by atoms with Crippen LogP contribution in [0.1, 0.15) is 37.5 Å². The van der Waals surface area contributed by atoms with Gasteiger partial charge in [-0.05, 0) is 47.4 Å². The van der Waals surface area contributed by atoms with E-state index in [1.807, 2.05) is 14.1 Å². The van der Waals surface area contributed by atoms with Crippen LogP contribution in [0, 0.1) is 0 Å². The molecule has 0 spiro atoms. The molecule has 0 aliphatic carbocycles. The Morgan fingerprint density at radius 1 is 1.14 bits per heavy atom. The molecule has 1 atom stereocenters. The Hall–Kier alpha value is -2.75. The van der Waals surface area contributed by atoms with E-state index in [1.165, 1.54) is 16.8 Å². The topological polar surface area (TPSA) is 35.6 Å². The van der Waals surface area contributed by atoms with Crippen molar-refractivity contribution >= 4 is 23.4 Å². The predicted molar refractivity (Wildman–Crippen MR) is 117 cm³/mol. The molecule has 28 heavy (non-hydrogen) atoms. The lowest BCUT2D eigenvalue weighted by Gasteiger charge is -2.40. The van der Waals surface area contributed by atoms with Gasteiger partial charge in [0, 0.05) is 30.9 Å². The van der Waals surface area contributed by atoms with Gasteiger partial charge in [0.15, 0.2) is 0 Å². The lowest BCUT2D eigenvalue weighted by molar-refractivity contribution is -0.118. The van der Waals surface area contributed by atoms with Crippen molar-refractivity contribution in [2.45, 2.75) is 38.3 Å². The van der Waals surface area contributed by atoms with Gasteiger partial charge in [0.1, 0.15) is 5.66 Å². The molecule has 2 aromatic carbocycles. The Labute approximate surface area is 167 Å². The molecule has 4 nitrogen and oxygen atoms in total. The number of carbonyl (C=O) groups is 1. The summed E-state index contributed by atoms with van der Waals surface area (Å²) in [6.45, 7) is 7.04.